The Kier molecular flexibility index (Phi) is 3.07. The molecule has 0 heterocycles. The molecule has 0 aliphatic heterocycles. The van der Waals surface area contributed by atoms with Crippen LogP contribution < -0.4 is 0 Å². The highest BCUT2D eigenvalue weighted by molar-refractivity contribution is 5.72. The van der Waals surface area contributed by atoms with E-state index in [0.717, 1.165) is 0 Å². The maximum Gasteiger partial charge on any atom is 0.312 e. The summed E-state index contributed by atoms with van der Waals surface area (Å²) >= 11 is 0. The van der Waals surface area contributed by atoms with Crippen molar-refractivity contribution < 1.29 is 35.4 Å². The van der Waals surface area contributed by atoms with Gasteiger partial charge in [0.1, 0.15) is 24.2 Å². The summed E-state index contributed by atoms with van der Waals surface area (Å²) in [6, 6.07) is 0. The Hall–Kier alpha value is -0.730. The fourth-order valence-corrected chi connectivity index (χ4v) is 1.53. The smallest absolute Gasteiger partial charge is 0.312 e. The lowest BCUT2D eigenvalue weighted by atomic mass is 9.78. The van der Waals surface area contributed by atoms with Crippen molar-refractivity contribution in [3.05, 3.63) is 0 Å². The molecule has 6 N–H and O–H groups in total. The fraction of sp³-hybridized carbons (Fsp3) is 0.857. The summed E-state index contributed by atoms with van der Waals surface area (Å²) in [6.45, 7) is 0. The van der Waals surface area contributed by atoms with Crippen LogP contribution in [0.25, 0.3) is 0 Å². The van der Waals surface area contributed by atoms with Crippen molar-refractivity contribution in [1.82, 2.24) is 0 Å². The SMILES string of the molecule is O=C(O)C1C(O)C(O)C(O)C(O)C1O. The molecular formula is C7H12O7. The molecular weight excluding hydrogens is 196 g/mol. The summed E-state index contributed by atoms with van der Waals surface area (Å²) in [5.74, 6) is -3.25. The van der Waals surface area contributed by atoms with Gasteiger partial charge in [0.25, 0.3) is 0 Å². The molecule has 14 heavy (non-hydrogen) atoms. The standard InChI is InChI=1S/C7H12O7/c8-2-1(7(13)14)3(9)5(11)6(12)4(2)10/h1-6,8-12H,(H,13,14). The lowest BCUT2D eigenvalue weighted by Crippen LogP contribution is -2.62. The number of aliphatic hydroxyl groups is 5. The Bertz CT molecular complexity index is 214. The van der Waals surface area contributed by atoms with Gasteiger partial charge < -0.3 is 30.6 Å². The Labute approximate surface area is 78.8 Å². The molecule has 0 amide bonds. The molecule has 7 nitrogen and oxygen atoms in total. The van der Waals surface area contributed by atoms with Gasteiger partial charge in [0.05, 0.1) is 12.2 Å². The predicted molar refractivity (Wildman–Crippen MR) is 41.2 cm³/mol. The van der Waals surface area contributed by atoms with Gasteiger partial charge in [0, 0.05) is 0 Å². The second-order valence-corrected chi connectivity index (χ2v) is 3.32. The second-order valence-electron chi connectivity index (χ2n) is 3.32. The molecule has 0 aromatic rings. The second kappa shape index (κ2) is 3.79. The van der Waals surface area contributed by atoms with Gasteiger partial charge in [-0.05, 0) is 0 Å². The molecule has 0 radical (unpaired) electrons. The summed E-state index contributed by atoms with van der Waals surface area (Å²) in [7, 11) is 0. The first-order chi connectivity index (χ1) is 6.37. The monoisotopic (exact) mass is 208 g/mol. The molecule has 1 rings (SSSR count). The first kappa shape index (κ1) is 11.3. The third-order valence-corrected chi connectivity index (χ3v) is 2.42. The van der Waals surface area contributed by atoms with Gasteiger partial charge in [-0.15, -0.1) is 0 Å². The third kappa shape index (κ3) is 1.60. The molecule has 4 unspecified atom stereocenters. The van der Waals surface area contributed by atoms with Crippen LogP contribution in [0.2, 0.25) is 0 Å². The molecule has 0 saturated heterocycles. The average Bonchev–Trinajstić information content (AvgIpc) is 2.11. The minimum absolute atomic E-state index is 1.55. The van der Waals surface area contributed by atoms with E-state index in [-0.39, 0.29) is 0 Å². The Morgan fingerprint density at radius 2 is 1.00 bits per heavy atom. The van der Waals surface area contributed by atoms with Gasteiger partial charge in [-0.25, -0.2) is 0 Å². The molecule has 7 heteroatoms. The summed E-state index contributed by atoms with van der Waals surface area (Å²) in [6.07, 6.45) is -8.93. The maximum absolute atomic E-state index is 10.5. The maximum atomic E-state index is 10.5. The van der Waals surface area contributed by atoms with Crippen LogP contribution in [0.1, 0.15) is 0 Å². The molecule has 4 atom stereocenters. The van der Waals surface area contributed by atoms with E-state index < -0.39 is 42.4 Å². The number of aliphatic hydroxyl groups excluding tert-OH is 5. The van der Waals surface area contributed by atoms with Crippen LogP contribution in [-0.4, -0.2) is 67.1 Å². The van der Waals surface area contributed by atoms with Crippen molar-refractivity contribution in [3.8, 4) is 0 Å². The number of rotatable bonds is 1. The minimum atomic E-state index is -1.80. The number of carboxylic acids is 1. The lowest BCUT2D eigenvalue weighted by Gasteiger charge is -2.39. The van der Waals surface area contributed by atoms with Crippen LogP contribution in [-0.2, 0) is 4.79 Å². The molecule has 1 aliphatic carbocycles. The van der Waals surface area contributed by atoms with E-state index in [1.807, 2.05) is 0 Å². The highest BCUT2D eigenvalue weighted by Gasteiger charge is 2.51. The number of hydrogen-bond donors (Lipinski definition) is 6. The highest BCUT2D eigenvalue weighted by atomic mass is 16.4. The molecule has 1 aliphatic rings. The van der Waals surface area contributed by atoms with Gasteiger partial charge >= 0.3 is 5.97 Å². The van der Waals surface area contributed by atoms with Crippen molar-refractivity contribution in [2.45, 2.75) is 30.5 Å². The van der Waals surface area contributed by atoms with E-state index in [4.69, 9.17) is 20.4 Å². The topological polar surface area (TPSA) is 138 Å². The largest absolute Gasteiger partial charge is 0.481 e. The van der Waals surface area contributed by atoms with E-state index >= 15 is 0 Å². The summed E-state index contributed by atoms with van der Waals surface area (Å²) in [5.41, 5.74) is 0. The number of hydrogen-bond acceptors (Lipinski definition) is 6. The van der Waals surface area contributed by atoms with E-state index in [1.165, 1.54) is 0 Å². The minimum Gasteiger partial charge on any atom is -0.481 e. The van der Waals surface area contributed by atoms with Gasteiger partial charge in [-0.2, -0.15) is 0 Å². The molecule has 1 saturated carbocycles. The first-order valence-electron chi connectivity index (χ1n) is 4.01. The van der Waals surface area contributed by atoms with Gasteiger partial charge in [0.15, 0.2) is 0 Å². The van der Waals surface area contributed by atoms with Crippen molar-refractivity contribution in [2.75, 3.05) is 0 Å². The summed E-state index contributed by atoms with van der Waals surface area (Å²) < 4.78 is 0. The quantitative estimate of drug-likeness (QED) is 0.263. The van der Waals surface area contributed by atoms with Crippen LogP contribution in [0.3, 0.4) is 0 Å². The van der Waals surface area contributed by atoms with Crippen molar-refractivity contribution in [1.29, 1.82) is 0 Å². The predicted octanol–water partition coefficient (Wildman–Crippen LogP) is -3.49. The van der Waals surface area contributed by atoms with Crippen LogP contribution in [0.4, 0.5) is 0 Å². The summed E-state index contributed by atoms with van der Waals surface area (Å²) in [4.78, 5) is 10.5. The third-order valence-electron chi connectivity index (χ3n) is 2.42. The summed E-state index contributed by atoms with van der Waals surface area (Å²) in [5, 5.41) is 54.3. The van der Waals surface area contributed by atoms with Crippen molar-refractivity contribution in [2.24, 2.45) is 5.92 Å². The first-order valence-corrected chi connectivity index (χ1v) is 4.01. The molecule has 0 spiro atoms. The van der Waals surface area contributed by atoms with Crippen LogP contribution in [0.15, 0.2) is 0 Å². The van der Waals surface area contributed by atoms with Crippen LogP contribution in [0.5, 0.6) is 0 Å². The lowest BCUT2D eigenvalue weighted by molar-refractivity contribution is -0.211. The van der Waals surface area contributed by atoms with E-state index in [9.17, 15) is 15.0 Å². The van der Waals surface area contributed by atoms with Crippen molar-refractivity contribution >= 4 is 5.97 Å². The molecule has 0 bridgehead atoms. The zero-order chi connectivity index (χ0) is 11.0. The molecule has 0 aromatic carbocycles. The van der Waals surface area contributed by atoms with E-state index in [0.29, 0.717) is 0 Å². The number of carboxylic acid groups (broad SMARTS) is 1. The molecule has 0 aromatic heterocycles. The average molecular weight is 208 g/mol. The Balaban J connectivity index is 2.92. The molecule has 1 fully saturated rings. The van der Waals surface area contributed by atoms with Crippen LogP contribution in [0, 0.1) is 5.92 Å². The Morgan fingerprint density at radius 1 is 0.714 bits per heavy atom. The zero-order valence-corrected chi connectivity index (χ0v) is 7.06. The molecule has 82 valence electrons. The van der Waals surface area contributed by atoms with Gasteiger partial charge in [-0.3, -0.25) is 4.79 Å². The van der Waals surface area contributed by atoms with Gasteiger partial charge in [0.2, 0.25) is 0 Å². The van der Waals surface area contributed by atoms with Crippen molar-refractivity contribution in [3.63, 3.8) is 0 Å². The van der Waals surface area contributed by atoms with Crippen LogP contribution >= 0.6 is 0 Å². The normalized spacial score (nSPS) is 48.9. The number of aliphatic carboxylic acids is 1. The highest BCUT2D eigenvalue weighted by Crippen LogP contribution is 2.26. The van der Waals surface area contributed by atoms with E-state index in [1.54, 1.807) is 0 Å². The number of carbonyl (C=O) groups is 1. The van der Waals surface area contributed by atoms with Gasteiger partial charge in [-0.1, -0.05) is 0 Å². The van der Waals surface area contributed by atoms with E-state index in [2.05, 4.69) is 0 Å². The Morgan fingerprint density at radius 3 is 1.29 bits per heavy atom. The fourth-order valence-electron chi connectivity index (χ4n) is 1.53. The zero-order valence-electron chi connectivity index (χ0n) is 7.06.